The van der Waals surface area contributed by atoms with Crippen molar-refractivity contribution >= 4 is 11.9 Å². The Kier molecular flexibility index (Phi) is 7.46. The largest absolute Gasteiger partial charge is 0.480 e. The quantitative estimate of drug-likeness (QED) is 0.413. The molecule has 1 amide bonds. The van der Waals surface area contributed by atoms with Crippen molar-refractivity contribution in [3.8, 4) is 6.07 Å². The van der Waals surface area contributed by atoms with Crippen molar-refractivity contribution < 1.29 is 14.7 Å². The van der Waals surface area contributed by atoms with Crippen LogP contribution in [-0.2, 0) is 22.7 Å². The predicted octanol–water partition coefficient (Wildman–Crippen LogP) is 0.868. The number of nitrogens with one attached hydrogen (secondary N) is 2. The molecule has 0 spiro atoms. The summed E-state index contributed by atoms with van der Waals surface area (Å²) in [6.07, 6.45) is 1.28. The van der Waals surface area contributed by atoms with Gasteiger partial charge in [0.15, 0.2) is 0 Å². The van der Waals surface area contributed by atoms with Crippen LogP contribution in [0.4, 0.5) is 0 Å². The molecule has 1 atom stereocenters. The molecule has 0 fully saturated rings. The molecule has 1 rings (SSSR count). The summed E-state index contributed by atoms with van der Waals surface area (Å²) in [6, 6.07) is 8.32. The molecule has 7 nitrogen and oxygen atoms in total. The first-order valence-electron chi connectivity index (χ1n) is 7.54. The van der Waals surface area contributed by atoms with E-state index in [0.29, 0.717) is 13.1 Å². The molecule has 0 aromatic heterocycles. The Hall–Kier alpha value is -2.85. The number of carboxylic acid groups (broad SMARTS) is 1. The van der Waals surface area contributed by atoms with Gasteiger partial charge in [-0.05, 0) is 17.0 Å². The fourth-order valence-corrected chi connectivity index (χ4v) is 2.02. The van der Waals surface area contributed by atoms with Crippen LogP contribution < -0.4 is 16.4 Å². The maximum atomic E-state index is 12.0. The SMILES string of the molecule is CC(C)C(NC(=O)/C(C#N)=C\NCc1cccc(CN)c1)C(=O)O. The van der Waals surface area contributed by atoms with Crippen molar-refractivity contribution in [3.63, 3.8) is 0 Å². The summed E-state index contributed by atoms with van der Waals surface area (Å²) in [6.45, 7) is 4.20. The minimum Gasteiger partial charge on any atom is -0.480 e. The van der Waals surface area contributed by atoms with E-state index in [4.69, 9.17) is 16.1 Å². The first kappa shape index (κ1) is 19.2. The van der Waals surface area contributed by atoms with E-state index in [0.717, 1.165) is 11.1 Å². The van der Waals surface area contributed by atoms with Crippen molar-refractivity contribution in [2.24, 2.45) is 11.7 Å². The van der Waals surface area contributed by atoms with E-state index < -0.39 is 17.9 Å². The smallest absolute Gasteiger partial charge is 0.326 e. The molecule has 7 heteroatoms. The molecule has 0 aliphatic rings. The zero-order valence-corrected chi connectivity index (χ0v) is 13.7. The molecule has 128 valence electrons. The maximum absolute atomic E-state index is 12.0. The van der Waals surface area contributed by atoms with Crippen LogP contribution in [0.1, 0.15) is 25.0 Å². The highest BCUT2D eigenvalue weighted by molar-refractivity contribution is 5.99. The number of aliphatic carboxylic acids is 1. The van der Waals surface area contributed by atoms with E-state index in [1.54, 1.807) is 19.9 Å². The number of hydrogen-bond donors (Lipinski definition) is 4. The van der Waals surface area contributed by atoms with Crippen molar-refractivity contribution in [2.75, 3.05) is 0 Å². The van der Waals surface area contributed by atoms with Crippen LogP contribution >= 0.6 is 0 Å². The van der Waals surface area contributed by atoms with Gasteiger partial charge in [0.1, 0.15) is 17.7 Å². The third-order valence-electron chi connectivity index (χ3n) is 3.36. The predicted molar refractivity (Wildman–Crippen MR) is 89.3 cm³/mol. The van der Waals surface area contributed by atoms with Crippen molar-refractivity contribution in [3.05, 3.63) is 47.2 Å². The number of hydrogen-bond acceptors (Lipinski definition) is 5. The minimum absolute atomic E-state index is 0.183. The molecule has 0 aliphatic carbocycles. The van der Waals surface area contributed by atoms with Gasteiger partial charge in [-0.2, -0.15) is 5.26 Å². The van der Waals surface area contributed by atoms with Gasteiger partial charge >= 0.3 is 5.97 Å². The van der Waals surface area contributed by atoms with Crippen LogP contribution in [0.2, 0.25) is 0 Å². The first-order valence-corrected chi connectivity index (χ1v) is 7.54. The summed E-state index contributed by atoms with van der Waals surface area (Å²) in [7, 11) is 0. The summed E-state index contributed by atoms with van der Waals surface area (Å²) >= 11 is 0. The van der Waals surface area contributed by atoms with E-state index in [1.165, 1.54) is 6.20 Å². The van der Waals surface area contributed by atoms with Gasteiger partial charge in [0, 0.05) is 19.3 Å². The third kappa shape index (κ3) is 5.74. The number of carbonyl (C=O) groups is 2. The fraction of sp³-hybridized carbons (Fsp3) is 0.353. The van der Waals surface area contributed by atoms with E-state index in [9.17, 15) is 9.59 Å². The Bertz CT molecular complexity index is 662. The second-order valence-corrected chi connectivity index (χ2v) is 5.61. The van der Waals surface area contributed by atoms with Crippen molar-refractivity contribution in [2.45, 2.75) is 33.0 Å². The molecule has 1 unspecified atom stereocenters. The van der Waals surface area contributed by atoms with E-state index in [1.807, 2.05) is 24.3 Å². The molecule has 0 aliphatic heterocycles. The van der Waals surface area contributed by atoms with Gasteiger partial charge in [0.05, 0.1) is 0 Å². The molecule has 0 saturated heterocycles. The molecule has 0 heterocycles. The van der Waals surface area contributed by atoms with Crippen LogP contribution in [-0.4, -0.2) is 23.0 Å². The van der Waals surface area contributed by atoms with Crippen molar-refractivity contribution in [1.29, 1.82) is 5.26 Å². The van der Waals surface area contributed by atoms with E-state index in [2.05, 4.69) is 10.6 Å². The summed E-state index contributed by atoms with van der Waals surface area (Å²) in [4.78, 5) is 23.1. The highest BCUT2D eigenvalue weighted by atomic mass is 16.4. The van der Waals surface area contributed by atoms with Gasteiger partial charge in [-0.1, -0.05) is 38.1 Å². The summed E-state index contributed by atoms with van der Waals surface area (Å²) < 4.78 is 0. The van der Waals surface area contributed by atoms with Gasteiger partial charge in [-0.25, -0.2) is 4.79 Å². The molecule has 5 N–H and O–H groups in total. The number of carbonyl (C=O) groups excluding carboxylic acids is 1. The summed E-state index contributed by atoms with van der Waals surface area (Å²) in [5, 5.41) is 23.4. The number of carboxylic acids is 1. The maximum Gasteiger partial charge on any atom is 0.326 e. The van der Waals surface area contributed by atoms with Crippen molar-refractivity contribution in [1.82, 2.24) is 10.6 Å². The Labute approximate surface area is 141 Å². The lowest BCUT2D eigenvalue weighted by Gasteiger charge is -2.17. The molecule has 24 heavy (non-hydrogen) atoms. The monoisotopic (exact) mass is 330 g/mol. The molecular weight excluding hydrogens is 308 g/mol. The topological polar surface area (TPSA) is 128 Å². The summed E-state index contributed by atoms with van der Waals surface area (Å²) in [5.74, 6) is -2.15. The fourth-order valence-electron chi connectivity index (χ4n) is 2.02. The zero-order valence-electron chi connectivity index (χ0n) is 13.7. The molecule has 0 radical (unpaired) electrons. The lowest BCUT2D eigenvalue weighted by atomic mass is 10.0. The number of benzene rings is 1. The second kappa shape index (κ2) is 9.33. The number of nitrogens with two attached hydrogens (primary N) is 1. The van der Waals surface area contributed by atoms with Gasteiger partial charge in [0.2, 0.25) is 0 Å². The second-order valence-electron chi connectivity index (χ2n) is 5.61. The van der Waals surface area contributed by atoms with Crippen LogP contribution in [0.25, 0.3) is 0 Å². The normalized spacial score (nSPS) is 12.4. The van der Waals surface area contributed by atoms with Gasteiger partial charge in [0.25, 0.3) is 5.91 Å². The Morgan fingerprint density at radius 3 is 2.58 bits per heavy atom. The number of amides is 1. The van der Waals surface area contributed by atoms with Crippen LogP contribution in [0.5, 0.6) is 0 Å². The number of rotatable bonds is 8. The highest BCUT2D eigenvalue weighted by Crippen LogP contribution is 2.05. The lowest BCUT2D eigenvalue weighted by molar-refractivity contribution is -0.142. The summed E-state index contributed by atoms with van der Waals surface area (Å²) in [5.41, 5.74) is 7.33. The number of nitrogens with zero attached hydrogens (tertiary/aromatic N) is 1. The van der Waals surface area contributed by atoms with E-state index in [-0.39, 0.29) is 11.5 Å². The Balaban J connectivity index is 2.71. The molecule has 0 saturated carbocycles. The average Bonchev–Trinajstić information content (AvgIpc) is 2.56. The van der Waals surface area contributed by atoms with Crippen LogP contribution in [0, 0.1) is 17.2 Å². The van der Waals surface area contributed by atoms with Gasteiger partial charge < -0.3 is 21.5 Å². The molecule has 0 bridgehead atoms. The van der Waals surface area contributed by atoms with Gasteiger partial charge in [-0.3, -0.25) is 4.79 Å². The number of nitriles is 1. The Morgan fingerprint density at radius 2 is 2.04 bits per heavy atom. The molecular formula is C17H22N4O3. The standard InChI is InChI=1S/C17H22N4O3/c1-11(2)15(17(23)24)21-16(22)14(8-19)10-20-9-13-5-3-4-12(6-13)7-18/h3-6,10-11,15,20H,7,9,18H2,1-2H3,(H,21,22)(H,23,24)/b14-10-. The zero-order chi connectivity index (χ0) is 18.1. The highest BCUT2D eigenvalue weighted by Gasteiger charge is 2.24. The molecule has 1 aromatic carbocycles. The third-order valence-corrected chi connectivity index (χ3v) is 3.36. The molecule has 1 aromatic rings. The van der Waals surface area contributed by atoms with E-state index >= 15 is 0 Å². The van der Waals surface area contributed by atoms with Crippen LogP contribution in [0.15, 0.2) is 36.0 Å². The Morgan fingerprint density at radius 1 is 1.38 bits per heavy atom. The first-order chi connectivity index (χ1) is 11.4. The average molecular weight is 330 g/mol. The minimum atomic E-state index is -1.14. The lowest BCUT2D eigenvalue weighted by Crippen LogP contribution is -2.44. The van der Waals surface area contributed by atoms with Crippen LogP contribution in [0.3, 0.4) is 0 Å². The van der Waals surface area contributed by atoms with Gasteiger partial charge in [-0.15, -0.1) is 0 Å².